The van der Waals surface area contributed by atoms with Crippen LogP contribution in [0.2, 0.25) is 0 Å². The lowest BCUT2D eigenvalue weighted by molar-refractivity contribution is -0.137. The predicted molar refractivity (Wildman–Crippen MR) is 55.5 cm³/mol. The third-order valence-electron chi connectivity index (χ3n) is 1.86. The van der Waals surface area contributed by atoms with Crippen LogP contribution in [0, 0.1) is 0 Å². The molecule has 0 aromatic rings. The molecule has 0 spiro atoms. The van der Waals surface area contributed by atoms with Crippen molar-refractivity contribution in [1.29, 1.82) is 0 Å². The number of hydrogen-bond donors (Lipinski definition) is 3. The first kappa shape index (κ1) is 13.5. The number of unbranched alkanes of at least 4 members (excludes halogenated alkanes) is 1. The summed E-state index contributed by atoms with van der Waals surface area (Å²) in [5, 5.41) is 19.6. The fourth-order valence-electron chi connectivity index (χ4n) is 0.999. The van der Waals surface area contributed by atoms with Crippen LogP contribution in [0.5, 0.6) is 0 Å². The van der Waals surface area contributed by atoms with E-state index in [2.05, 4.69) is 5.32 Å². The molecule has 3 N–H and O–H groups in total. The van der Waals surface area contributed by atoms with Crippen molar-refractivity contribution in [2.24, 2.45) is 0 Å². The van der Waals surface area contributed by atoms with Gasteiger partial charge in [-0.2, -0.15) is 0 Å². The third kappa shape index (κ3) is 8.80. The second-order valence-electron chi connectivity index (χ2n) is 3.16. The minimum absolute atomic E-state index is 0.266. The van der Waals surface area contributed by atoms with E-state index in [0.29, 0.717) is 25.0 Å². The van der Waals surface area contributed by atoms with Gasteiger partial charge in [-0.3, -0.25) is 9.59 Å². The maximum absolute atomic E-state index is 11.0. The molecule has 0 aromatic heterocycles. The molecular formula is C10H17NO4. The number of carboxylic acids is 1. The summed E-state index contributed by atoms with van der Waals surface area (Å²) < 4.78 is 0. The summed E-state index contributed by atoms with van der Waals surface area (Å²) in [7, 11) is 0. The number of aliphatic hydroxyl groups excluding tert-OH is 1. The Morgan fingerprint density at radius 2 is 1.80 bits per heavy atom. The van der Waals surface area contributed by atoms with Crippen LogP contribution in [0.1, 0.15) is 32.6 Å². The summed E-state index contributed by atoms with van der Waals surface area (Å²) >= 11 is 0. The summed E-state index contributed by atoms with van der Waals surface area (Å²) in [5.41, 5.74) is 0. The van der Waals surface area contributed by atoms with Gasteiger partial charge in [0.25, 0.3) is 0 Å². The van der Waals surface area contributed by atoms with Crippen LogP contribution in [-0.4, -0.2) is 28.6 Å². The Labute approximate surface area is 88.8 Å². The number of aliphatic hydroxyl groups is 1. The second kappa shape index (κ2) is 7.84. The fourth-order valence-corrected chi connectivity index (χ4v) is 0.999. The van der Waals surface area contributed by atoms with Gasteiger partial charge in [0.05, 0.1) is 5.76 Å². The van der Waals surface area contributed by atoms with Crippen molar-refractivity contribution >= 4 is 11.9 Å². The minimum Gasteiger partial charge on any atom is -0.513 e. The first-order valence-corrected chi connectivity index (χ1v) is 4.89. The molecule has 5 nitrogen and oxygen atoms in total. The maximum Gasteiger partial charge on any atom is 0.322 e. The normalized spacial score (nSPS) is 11.1. The molecule has 86 valence electrons. The van der Waals surface area contributed by atoms with Crippen LogP contribution in [0.25, 0.3) is 0 Å². The highest BCUT2D eigenvalue weighted by molar-refractivity contribution is 5.80. The number of carbonyl (C=O) groups excluding carboxylic acids is 1. The number of hydrogen-bond acceptors (Lipinski definition) is 3. The van der Waals surface area contributed by atoms with E-state index >= 15 is 0 Å². The summed E-state index contributed by atoms with van der Waals surface area (Å²) in [6, 6.07) is 0. The van der Waals surface area contributed by atoms with Gasteiger partial charge in [0.15, 0.2) is 0 Å². The van der Waals surface area contributed by atoms with E-state index in [1.165, 1.54) is 0 Å². The smallest absolute Gasteiger partial charge is 0.322 e. The standard InChI is InChI=1S/C10H17NO4/c1-2-8(12)5-3-4-6-9(13)11-7-10(14)15/h2,12H,3-7H2,1H3,(H,11,13)(H,14,15)/b8-2-. The van der Waals surface area contributed by atoms with Gasteiger partial charge in [0, 0.05) is 12.8 Å². The molecular weight excluding hydrogens is 198 g/mol. The maximum atomic E-state index is 11.0. The average Bonchev–Trinajstić information content (AvgIpc) is 2.21. The number of nitrogens with one attached hydrogen (secondary N) is 1. The Morgan fingerprint density at radius 3 is 2.33 bits per heavy atom. The number of rotatable bonds is 7. The summed E-state index contributed by atoms with van der Waals surface area (Å²) in [5.74, 6) is -0.992. The Bertz CT molecular complexity index is 248. The van der Waals surface area contributed by atoms with Crippen LogP contribution in [0.15, 0.2) is 11.8 Å². The SMILES string of the molecule is C/C=C(\O)CCCCC(=O)NCC(=O)O. The van der Waals surface area contributed by atoms with Crippen LogP contribution in [0.3, 0.4) is 0 Å². The van der Waals surface area contributed by atoms with E-state index in [1.54, 1.807) is 13.0 Å². The molecule has 0 aliphatic carbocycles. The predicted octanol–water partition coefficient (Wildman–Crippen LogP) is 1.21. The zero-order valence-corrected chi connectivity index (χ0v) is 8.82. The summed E-state index contributed by atoms with van der Waals surface area (Å²) in [6.07, 6.45) is 3.83. The molecule has 5 heteroatoms. The van der Waals surface area contributed by atoms with E-state index in [1.807, 2.05) is 0 Å². The number of amides is 1. The van der Waals surface area contributed by atoms with E-state index in [-0.39, 0.29) is 12.5 Å². The molecule has 0 fully saturated rings. The lowest BCUT2D eigenvalue weighted by Gasteiger charge is -2.02. The van der Waals surface area contributed by atoms with Crippen molar-refractivity contribution in [3.8, 4) is 0 Å². The van der Waals surface area contributed by atoms with Gasteiger partial charge in [-0.15, -0.1) is 0 Å². The van der Waals surface area contributed by atoms with Gasteiger partial charge in [0.2, 0.25) is 5.91 Å². The highest BCUT2D eigenvalue weighted by atomic mass is 16.4. The topological polar surface area (TPSA) is 86.6 Å². The molecule has 0 aliphatic heterocycles. The quantitative estimate of drug-likeness (QED) is 0.440. The van der Waals surface area contributed by atoms with E-state index in [4.69, 9.17) is 10.2 Å². The van der Waals surface area contributed by atoms with Crippen molar-refractivity contribution in [3.63, 3.8) is 0 Å². The van der Waals surface area contributed by atoms with Crippen LogP contribution in [0.4, 0.5) is 0 Å². The molecule has 0 heterocycles. The van der Waals surface area contributed by atoms with E-state index in [0.717, 1.165) is 6.42 Å². The Balaban J connectivity index is 3.43. The molecule has 15 heavy (non-hydrogen) atoms. The average molecular weight is 215 g/mol. The Morgan fingerprint density at radius 1 is 1.20 bits per heavy atom. The van der Waals surface area contributed by atoms with Crippen molar-refractivity contribution in [3.05, 3.63) is 11.8 Å². The molecule has 0 radical (unpaired) electrons. The van der Waals surface area contributed by atoms with Gasteiger partial charge in [-0.05, 0) is 25.8 Å². The van der Waals surface area contributed by atoms with Crippen LogP contribution in [-0.2, 0) is 9.59 Å². The number of carbonyl (C=O) groups is 2. The first-order valence-electron chi connectivity index (χ1n) is 4.89. The van der Waals surface area contributed by atoms with Crippen molar-refractivity contribution in [2.45, 2.75) is 32.6 Å². The van der Waals surface area contributed by atoms with Crippen molar-refractivity contribution in [2.75, 3.05) is 6.54 Å². The molecule has 0 unspecified atom stereocenters. The van der Waals surface area contributed by atoms with Gasteiger partial charge in [-0.1, -0.05) is 0 Å². The van der Waals surface area contributed by atoms with E-state index in [9.17, 15) is 9.59 Å². The first-order chi connectivity index (χ1) is 7.06. The van der Waals surface area contributed by atoms with Crippen molar-refractivity contribution < 1.29 is 19.8 Å². The lowest BCUT2D eigenvalue weighted by Crippen LogP contribution is -2.28. The highest BCUT2D eigenvalue weighted by Gasteiger charge is 2.03. The minimum atomic E-state index is -1.05. The molecule has 0 bridgehead atoms. The number of aliphatic carboxylic acids is 1. The Kier molecular flexibility index (Phi) is 7.05. The van der Waals surface area contributed by atoms with Gasteiger partial charge in [-0.25, -0.2) is 0 Å². The molecule has 0 saturated carbocycles. The van der Waals surface area contributed by atoms with Gasteiger partial charge >= 0.3 is 5.97 Å². The molecule has 0 aliphatic rings. The van der Waals surface area contributed by atoms with Gasteiger partial charge < -0.3 is 15.5 Å². The molecule has 0 rings (SSSR count). The third-order valence-corrected chi connectivity index (χ3v) is 1.86. The lowest BCUT2D eigenvalue weighted by atomic mass is 10.1. The molecule has 0 aromatic carbocycles. The summed E-state index contributed by atoms with van der Waals surface area (Å²) in [6.45, 7) is 1.41. The Hall–Kier alpha value is -1.52. The highest BCUT2D eigenvalue weighted by Crippen LogP contribution is 2.05. The largest absolute Gasteiger partial charge is 0.513 e. The summed E-state index contributed by atoms with van der Waals surface area (Å²) in [4.78, 5) is 21.1. The van der Waals surface area contributed by atoms with E-state index < -0.39 is 5.97 Å². The number of allylic oxidation sites excluding steroid dienone is 2. The van der Waals surface area contributed by atoms with Gasteiger partial charge in [0.1, 0.15) is 6.54 Å². The molecule has 0 atom stereocenters. The fraction of sp³-hybridized carbons (Fsp3) is 0.600. The monoisotopic (exact) mass is 215 g/mol. The molecule has 0 saturated heterocycles. The van der Waals surface area contributed by atoms with Crippen molar-refractivity contribution in [1.82, 2.24) is 5.32 Å². The number of carboxylic acid groups (broad SMARTS) is 1. The molecule has 1 amide bonds. The zero-order chi connectivity index (χ0) is 11.7. The second-order valence-corrected chi connectivity index (χ2v) is 3.16. The van der Waals surface area contributed by atoms with Crippen LogP contribution < -0.4 is 5.32 Å². The zero-order valence-electron chi connectivity index (χ0n) is 8.82. The van der Waals surface area contributed by atoms with Crippen LogP contribution >= 0.6 is 0 Å².